The summed E-state index contributed by atoms with van der Waals surface area (Å²) in [6.07, 6.45) is 16.9. The van der Waals surface area contributed by atoms with Crippen LogP contribution in [0.3, 0.4) is 0 Å². The van der Waals surface area contributed by atoms with Crippen molar-refractivity contribution in [3.63, 3.8) is 0 Å². The molecule has 0 bridgehead atoms. The SMILES string of the molecule is CCCCCCCCCCc1ccn(C(C)(C)c2ccccc2)c1. The summed E-state index contributed by atoms with van der Waals surface area (Å²) in [4.78, 5) is 0. The van der Waals surface area contributed by atoms with Gasteiger partial charge in [0.05, 0.1) is 5.54 Å². The zero-order chi connectivity index (χ0) is 17.3. The first-order chi connectivity index (χ1) is 11.6. The molecule has 0 fully saturated rings. The Labute approximate surface area is 149 Å². The number of unbranched alkanes of at least 4 members (excludes halogenated alkanes) is 7. The van der Waals surface area contributed by atoms with E-state index in [4.69, 9.17) is 0 Å². The average molecular weight is 326 g/mol. The first-order valence-corrected chi connectivity index (χ1v) is 9.87. The molecule has 1 heteroatoms. The van der Waals surface area contributed by atoms with Crippen LogP contribution >= 0.6 is 0 Å². The summed E-state index contributed by atoms with van der Waals surface area (Å²) < 4.78 is 2.36. The van der Waals surface area contributed by atoms with Gasteiger partial charge in [-0.25, -0.2) is 0 Å². The van der Waals surface area contributed by atoms with Gasteiger partial charge in [0.25, 0.3) is 0 Å². The summed E-state index contributed by atoms with van der Waals surface area (Å²) in [5.41, 5.74) is 2.85. The maximum Gasteiger partial charge on any atom is 0.0634 e. The van der Waals surface area contributed by atoms with Crippen LogP contribution in [0.5, 0.6) is 0 Å². The quantitative estimate of drug-likeness (QED) is 0.394. The number of benzene rings is 1. The Morgan fingerprint density at radius 1 is 0.792 bits per heavy atom. The fourth-order valence-electron chi connectivity index (χ4n) is 3.39. The Morgan fingerprint density at radius 2 is 1.42 bits per heavy atom. The van der Waals surface area contributed by atoms with E-state index >= 15 is 0 Å². The van der Waals surface area contributed by atoms with E-state index in [0.29, 0.717) is 0 Å². The van der Waals surface area contributed by atoms with Crippen molar-refractivity contribution in [1.82, 2.24) is 4.57 Å². The van der Waals surface area contributed by atoms with Crippen LogP contribution in [0.15, 0.2) is 48.8 Å². The van der Waals surface area contributed by atoms with Crippen molar-refractivity contribution in [3.05, 3.63) is 59.9 Å². The normalized spacial score (nSPS) is 11.8. The monoisotopic (exact) mass is 325 g/mol. The zero-order valence-electron chi connectivity index (χ0n) is 15.9. The van der Waals surface area contributed by atoms with Gasteiger partial charge in [-0.15, -0.1) is 0 Å². The van der Waals surface area contributed by atoms with E-state index in [-0.39, 0.29) is 5.54 Å². The molecule has 24 heavy (non-hydrogen) atoms. The lowest BCUT2D eigenvalue weighted by molar-refractivity contribution is 0.437. The first-order valence-electron chi connectivity index (χ1n) is 9.87. The van der Waals surface area contributed by atoms with E-state index < -0.39 is 0 Å². The Balaban J connectivity index is 1.75. The van der Waals surface area contributed by atoms with Gasteiger partial charge in [0, 0.05) is 12.4 Å². The van der Waals surface area contributed by atoms with Crippen molar-refractivity contribution < 1.29 is 0 Å². The second-order valence-electron chi connectivity index (χ2n) is 7.58. The highest BCUT2D eigenvalue weighted by atomic mass is 15.0. The van der Waals surface area contributed by atoms with Crippen LogP contribution in [-0.4, -0.2) is 4.57 Å². The van der Waals surface area contributed by atoms with Gasteiger partial charge < -0.3 is 4.57 Å². The van der Waals surface area contributed by atoms with Crippen molar-refractivity contribution in [2.75, 3.05) is 0 Å². The molecule has 0 spiro atoms. The summed E-state index contributed by atoms with van der Waals surface area (Å²) in [7, 11) is 0. The van der Waals surface area contributed by atoms with Gasteiger partial charge in [-0.3, -0.25) is 0 Å². The van der Waals surface area contributed by atoms with Gasteiger partial charge in [0.1, 0.15) is 0 Å². The van der Waals surface area contributed by atoms with Crippen molar-refractivity contribution in [3.8, 4) is 0 Å². The average Bonchev–Trinajstić information content (AvgIpc) is 3.08. The number of hydrogen-bond acceptors (Lipinski definition) is 0. The summed E-state index contributed by atoms with van der Waals surface area (Å²) in [5.74, 6) is 0. The summed E-state index contributed by atoms with van der Waals surface area (Å²) in [6, 6.07) is 13.1. The van der Waals surface area contributed by atoms with E-state index in [1.807, 2.05) is 0 Å². The van der Waals surface area contributed by atoms with Gasteiger partial charge >= 0.3 is 0 Å². The molecule has 0 atom stereocenters. The molecule has 1 heterocycles. The lowest BCUT2D eigenvalue weighted by Gasteiger charge is -2.27. The lowest BCUT2D eigenvalue weighted by atomic mass is 9.94. The van der Waals surface area contributed by atoms with Crippen LogP contribution < -0.4 is 0 Å². The predicted octanol–water partition coefficient (Wildman–Crippen LogP) is 6.95. The molecule has 0 aliphatic rings. The Bertz CT molecular complexity index is 565. The molecule has 132 valence electrons. The molecule has 0 radical (unpaired) electrons. The Hall–Kier alpha value is -1.50. The lowest BCUT2D eigenvalue weighted by Crippen LogP contribution is -2.26. The molecule has 1 aromatic heterocycles. The maximum atomic E-state index is 2.36. The van der Waals surface area contributed by atoms with Gasteiger partial charge in [0.2, 0.25) is 0 Å². The van der Waals surface area contributed by atoms with Crippen LogP contribution in [0.25, 0.3) is 0 Å². The molecule has 2 rings (SSSR count). The largest absolute Gasteiger partial charge is 0.344 e. The molecule has 0 aliphatic carbocycles. The predicted molar refractivity (Wildman–Crippen MR) is 106 cm³/mol. The van der Waals surface area contributed by atoms with Crippen molar-refractivity contribution in [1.29, 1.82) is 0 Å². The smallest absolute Gasteiger partial charge is 0.0634 e. The Kier molecular flexibility index (Phi) is 7.62. The highest BCUT2D eigenvalue weighted by Gasteiger charge is 2.21. The van der Waals surface area contributed by atoms with Gasteiger partial charge in [-0.2, -0.15) is 0 Å². The third-order valence-corrected chi connectivity index (χ3v) is 5.20. The molecule has 0 saturated heterocycles. The van der Waals surface area contributed by atoms with Crippen LogP contribution in [0.4, 0.5) is 0 Å². The number of hydrogen-bond donors (Lipinski definition) is 0. The first kappa shape index (κ1) is 18.8. The molecular formula is C23H35N. The second-order valence-corrected chi connectivity index (χ2v) is 7.58. The molecule has 0 amide bonds. The van der Waals surface area contributed by atoms with Crippen LogP contribution in [-0.2, 0) is 12.0 Å². The fourth-order valence-corrected chi connectivity index (χ4v) is 3.39. The van der Waals surface area contributed by atoms with Crippen molar-refractivity contribution in [2.45, 2.75) is 84.1 Å². The number of rotatable bonds is 11. The van der Waals surface area contributed by atoms with Crippen LogP contribution in [0.1, 0.15) is 83.3 Å². The summed E-state index contributed by atoms with van der Waals surface area (Å²) in [5, 5.41) is 0. The Morgan fingerprint density at radius 3 is 2.08 bits per heavy atom. The van der Waals surface area contributed by atoms with Crippen LogP contribution in [0, 0.1) is 0 Å². The molecule has 1 nitrogen and oxygen atoms in total. The van der Waals surface area contributed by atoms with Crippen molar-refractivity contribution >= 4 is 0 Å². The molecule has 0 N–H and O–H groups in total. The third kappa shape index (κ3) is 5.54. The maximum absolute atomic E-state index is 2.36. The molecule has 2 aromatic rings. The minimum absolute atomic E-state index is 0.0127. The summed E-state index contributed by atoms with van der Waals surface area (Å²) in [6.45, 7) is 6.87. The topological polar surface area (TPSA) is 4.93 Å². The number of aryl methyl sites for hydroxylation is 1. The highest BCUT2D eigenvalue weighted by Crippen LogP contribution is 2.26. The van der Waals surface area contributed by atoms with Gasteiger partial charge in [-0.1, -0.05) is 82.2 Å². The standard InChI is InChI=1S/C23H35N/c1-4-5-6-7-8-9-10-12-15-21-18-19-24(20-21)23(2,3)22-16-13-11-14-17-22/h11,13-14,16-20H,4-10,12,15H2,1-3H3. The summed E-state index contributed by atoms with van der Waals surface area (Å²) >= 11 is 0. The molecule has 0 unspecified atom stereocenters. The van der Waals surface area contributed by atoms with E-state index in [1.54, 1.807) is 0 Å². The minimum Gasteiger partial charge on any atom is -0.344 e. The minimum atomic E-state index is 0.0127. The molecule has 0 aliphatic heterocycles. The van der Waals surface area contributed by atoms with Crippen molar-refractivity contribution in [2.24, 2.45) is 0 Å². The van der Waals surface area contributed by atoms with Gasteiger partial charge in [-0.05, 0) is 43.9 Å². The number of aromatic nitrogens is 1. The van der Waals surface area contributed by atoms with Gasteiger partial charge in [0.15, 0.2) is 0 Å². The molecule has 0 saturated carbocycles. The molecule has 1 aromatic carbocycles. The van der Waals surface area contributed by atoms with E-state index in [1.165, 1.54) is 68.9 Å². The zero-order valence-corrected chi connectivity index (χ0v) is 15.9. The third-order valence-electron chi connectivity index (χ3n) is 5.20. The van der Waals surface area contributed by atoms with E-state index in [0.717, 1.165) is 0 Å². The van der Waals surface area contributed by atoms with E-state index in [9.17, 15) is 0 Å². The number of nitrogens with zero attached hydrogens (tertiary/aromatic N) is 1. The van der Waals surface area contributed by atoms with E-state index in [2.05, 4.69) is 74.1 Å². The highest BCUT2D eigenvalue weighted by molar-refractivity contribution is 5.26. The second kappa shape index (κ2) is 9.71. The molecular weight excluding hydrogens is 290 g/mol. The fraction of sp³-hybridized carbons (Fsp3) is 0.565. The van der Waals surface area contributed by atoms with Crippen LogP contribution in [0.2, 0.25) is 0 Å².